The number of hydrogen-bond acceptors (Lipinski definition) is 9. The van der Waals surface area contributed by atoms with E-state index in [2.05, 4.69) is 27.9 Å². The molecule has 5 aliphatic rings. The number of rotatable bonds is 5. The Kier molecular flexibility index (Phi) is 6.45. The summed E-state index contributed by atoms with van der Waals surface area (Å²) in [5.41, 5.74) is 0.328. The first-order chi connectivity index (χ1) is 18.3. The summed E-state index contributed by atoms with van der Waals surface area (Å²) in [4.78, 5) is 23.7. The highest BCUT2D eigenvalue weighted by Crippen LogP contribution is 2.65. The van der Waals surface area contributed by atoms with E-state index in [1.807, 2.05) is 13.0 Å². The van der Waals surface area contributed by atoms with Gasteiger partial charge < -0.3 is 29.3 Å². The number of nitrogens with zero attached hydrogens (tertiary/aromatic N) is 3. The average molecular weight is 524 g/mol. The minimum atomic E-state index is -0.545. The van der Waals surface area contributed by atoms with Crippen molar-refractivity contribution in [1.82, 2.24) is 9.97 Å². The molecule has 6 rings (SSSR count). The Hall–Kier alpha value is -2.59. The molecule has 2 aliphatic carbocycles. The Morgan fingerprint density at radius 2 is 1.89 bits per heavy atom. The van der Waals surface area contributed by atoms with E-state index in [1.54, 1.807) is 24.5 Å². The van der Waals surface area contributed by atoms with Gasteiger partial charge in [0.05, 0.1) is 43.7 Å². The van der Waals surface area contributed by atoms with Gasteiger partial charge in [0.25, 0.3) is 0 Å². The molecule has 9 heteroatoms. The highest BCUT2D eigenvalue weighted by Gasteiger charge is 2.66. The largest absolute Gasteiger partial charge is 0.423 e. The van der Waals surface area contributed by atoms with Gasteiger partial charge in [-0.25, -0.2) is 14.8 Å². The third kappa shape index (κ3) is 4.29. The van der Waals surface area contributed by atoms with Gasteiger partial charge in [-0.05, 0) is 49.2 Å². The van der Waals surface area contributed by atoms with Crippen LogP contribution in [0.5, 0.6) is 0 Å². The number of allylic oxidation sites excluding steroid dienone is 1. The molecule has 2 saturated carbocycles. The fourth-order valence-electron chi connectivity index (χ4n) is 7.43. The number of carbonyl (C=O) groups is 1. The number of aliphatic hydroxyl groups is 2. The molecular weight excluding hydrogens is 486 g/mol. The monoisotopic (exact) mass is 523 g/mol. The fraction of sp³-hybridized carbons (Fsp3) is 0.621. The van der Waals surface area contributed by atoms with Crippen molar-refractivity contribution in [2.75, 3.05) is 44.4 Å². The number of esters is 1. The van der Waals surface area contributed by atoms with Crippen molar-refractivity contribution in [2.45, 2.75) is 51.2 Å². The molecule has 4 fully saturated rings. The van der Waals surface area contributed by atoms with Gasteiger partial charge >= 0.3 is 5.97 Å². The van der Waals surface area contributed by atoms with Crippen molar-refractivity contribution in [3.05, 3.63) is 47.5 Å². The highest BCUT2D eigenvalue weighted by atomic mass is 16.6. The Balaban J connectivity index is 1.21. The molecule has 2 saturated heterocycles. The third-order valence-electron chi connectivity index (χ3n) is 9.77. The van der Waals surface area contributed by atoms with Crippen molar-refractivity contribution >= 4 is 18.0 Å². The van der Waals surface area contributed by atoms with Crippen LogP contribution in [-0.2, 0) is 19.0 Å². The summed E-state index contributed by atoms with van der Waals surface area (Å²) in [5, 5.41) is 21.1. The molecule has 1 aromatic rings. The summed E-state index contributed by atoms with van der Waals surface area (Å²) in [6, 6.07) is 0. The second-order valence-electron chi connectivity index (χ2n) is 12.0. The topological polar surface area (TPSA) is 118 Å². The van der Waals surface area contributed by atoms with E-state index in [-0.39, 0.29) is 35.4 Å². The predicted molar refractivity (Wildman–Crippen MR) is 140 cm³/mol. The molecule has 38 heavy (non-hydrogen) atoms. The normalized spacial score (nSPS) is 39.9. The van der Waals surface area contributed by atoms with Gasteiger partial charge in [0.2, 0.25) is 5.95 Å². The van der Waals surface area contributed by atoms with Crippen LogP contribution in [0.2, 0.25) is 0 Å². The number of fused-ring (bicyclic) bond motifs is 1. The predicted octanol–water partition coefficient (Wildman–Crippen LogP) is 2.65. The van der Waals surface area contributed by atoms with Gasteiger partial charge in [0.15, 0.2) is 0 Å². The van der Waals surface area contributed by atoms with Gasteiger partial charge in [0, 0.05) is 42.4 Å². The Labute approximate surface area is 223 Å². The van der Waals surface area contributed by atoms with Crippen molar-refractivity contribution < 1.29 is 29.2 Å². The molecule has 204 valence electrons. The molecule has 0 aromatic carbocycles. The number of hydrogen-bond donors (Lipinski definition) is 2. The molecule has 9 nitrogen and oxygen atoms in total. The van der Waals surface area contributed by atoms with Crippen LogP contribution in [0.15, 0.2) is 42.0 Å². The van der Waals surface area contributed by atoms with E-state index in [1.165, 1.54) is 0 Å². The van der Waals surface area contributed by atoms with E-state index in [4.69, 9.17) is 14.2 Å². The van der Waals surface area contributed by atoms with Gasteiger partial charge in [0.1, 0.15) is 5.76 Å². The maximum Gasteiger partial charge on any atom is 0.343 e. The molecule has 1 aromatic heterocycles. The number of aliphatic hydroxyl groups excluding tert-OH is 2. The minimum Gasteiger partial charge on any atom is -0.423 e. The van der Waals surface area contributed by atoms with Crippen LogP contribution in [0.4, 0.5) is 5.95 Å². The van der Waals surface area contributed by atoms with Crippen LogP contribution >= 0.6 is 0 Å². The van der Waals surface area contributed by atoms with E-state index < -0.39 is 11.5 Å². The lowest BCUT2D eigenvalue weighted by atomic mass is 9.45. The maximum absolute atomic E-state index is 12.7. The lowest BCUT2D eigenvalue weighted by Gasteiger charge is -2.60. The molecule has 6 atom stereocenters. The standard InChI is InChI=1S/C29H37N3O6/c1-27-7-6-24(34)28(2,17-33)22(27)5-8-29(18-37-29)23(27)4-3-20-14-21(38-25(20)35)13-19-15-30-26(31-16-19)32-9-11-36-12-10-32/h3-4,13-16,22-24,33-34H,5-12,17-18H2,1-2H3/b4-3+,21-13+/t22?,23?,24-,27+,28+,29?/m1/s1. The van der Waals surface area contributed by atoms with Crippen molar-refractivity contribution in [3.8, 4) is 0 Å². The van der Waals surface area contributed by atoms with E-state index >= 15 is 0 Å². The summed E-state index contributed by atoms with van der Waals surface area (Å²) >= 11 is 0. The lowest BCUT2D eigenvalue weighted by molar-refractivity contribution is -0.167. The summed E-state index contributed by atoms with van der Waals surface area (Å²) in [7, 11) is 0. The van der Waals surface area contributed by atoms with E-state index in [9.17, 15) is 15.0 Å². The van der Waals surface area contributed by atoms with Crippen LogP contribution in [0.25, 0.3) is 6.08 Å². The van der Waals surface area contributed by atoms with Crippen molar-refractivity contribution in [2.24, 2.45) is 22.7 Å². The maximum atomic E-state index is 12.7. The van der Waals surface area contributed by atoms with Crippen LogP contribution < -0.4 is 4.90 Å². The third-order valence-corrected chi connectivity index (χ3v) is 9.77. The molecule has 4 heterocycles. The average Bonchev–Trinajstić information content (AvgIpc) is 3.61. The molecule has 1 spiro atoms. The Morgan fingerprint density at radius 1 is 1.16 bits per heavy atom. The van der Waals surface area contributed by atoms with Crippen molar-refractivity contribution in [1.29, 1.82) is 0 Å². The van der Waals surface area contributed by atoms with Crippen molar-refractivity contribution in [3.63, 3.8) is 0 Å². The molecule has 3 aliphatic heterocycles. The number of aromatic nitrogens is 2. The molecule has 0 radical (unpaired) electrons. The number of anilines is 1. The fourth-order valence-corrected chi connectivity index (χ4v) is 7.43. The number of cyclic esters (lactones) is 1. The smallest absolute Gasteiger partial charge is 0.343 e. The molecule has 0 bridgehead atoms. The molecular formula is C29H37N3O6. The Bertz CT molecular complexity index is 1170. The van der Waals surface area contributed by atoms with E-state index in [0.29, 0.717) is 43.5 Å². The second kappa shape index (κ2) is 9.55. The number of ether oxygens (including phenoxy) is 3. The van der Waals surface area contributed by atoms with Crippen LogP contribution in [0.3, 0.4) is 0 Å². The zero-order valence-corrected chi connectivity index (χ0v) is 22.1. The Morgan fingerprint density at radius 3 is 2.58 bits per heavy atom. The van der Waals surface area contributed by atoms with Crippen LogP contribution in [0, 0.1) is 22.7 Å². The first-order valence-electron chi connectivity index (χ1n) is 13.7. The first kappa shape index (κ1) is 25.7. The zero-order chi connectivity index (χ0) is 26.5. The summed E-state index contributed by atoms with van der Waals surface area (Å²) in [6.07, 6.45) is 13.7. The van der Waals surface area contributed by atoms with E-state index in [0.717, 1.165) is 37.9 Å². The first-order valence-corrected chi connectivity index (χ1v) is 13.7. The quantitative estimate of drug-likeness (QED) is 0.444. The SMILES string of the molecule is C[C@]12CC[C@@H](O)[C@@](C)(CO)C1CCC1(CO1)C2/C=C/C1=CC(=C\c2cnc(N3CCOCC3)nc2)/OC1=O. The van der Waals surface area contributed by atoms with Gasteiger partial charge in [-0.1, -0.05) is 26.0 Å². The second-order valence-corrected chi connectivity index (χ2v) is 12.0. The van der Waals surface area contributed by atoms with Gasteiger partial charge in [-0.3, -0.25) is 0 Å². The minimum absolute atomic E-state index is 0.0402. The summed E-state index contributed by atoms with van der Waals surface area (Å²) < 4.78 is 17.0. The van der Waals surface area contributed by atoms with Gasteiger partial charge in [-0.2, -0.15) is 0 Å². The van der Waals surface area contributed by atoms with Crippen LogP contribution in [-0.4, -0.2) is 77.4 Å². The molecule has 0 amide bonds. The lowest BCUT2D eigenvalue weighted by Crippen LogP contribution is -2.60. The number of epoxide rings is 1. The molecule has 2 N–H and O–H groups in total. The summed E-state index contributed by atoms with van der Waals surface area (Å²) in [6.45, 7) is 7.82. The number of morpholine rings is 1. The zero-order valence-electron chi connectivity index (χ0n) is 22.1. The van der Waals surface area contributed by atoms with Crippen LogP contribution in [0.1, 0.15) is 45.1 Å². The van der Waals surface area contributed by atoms with Gasteiger partial charge in [-0.15, -0.1) is 0 Å². The highest BCUT2D eigenvalue weighted by molar-refractivity contribution is 5.96. The number of carbonyl (C=O) groups excluding carboxylic acids is 1. The summed E-state index contributed by atoms with van der Waals surface area (Å²) in [5.74, 6) is 0.974. The molecule has 3 unspecified atom stereocenters.